The molecule has 0 bridgehead atoms. The molecule has 0 spiro atoms. The zero-order valence-electron chi connectivity index (χ0n) is 15.0. The lowest BCUT2D eigenvalue weighted by Gasteiger charge is -2.07. The molecular weight excluding hydrogens is 370 g/mol. The molecule has 0 saturated carbocycles. The highest BCUT2D eigenvalue weighted by atomic mass is 32.2. The zero-order valence-corrected chi connectivity index (χ0v) is 15.8. The zero-order chi connectivity index (χ0) is 19.7. The number of anilines is 1. The maximum absolute atomic E-state index is 11.9. The number of nitrogens with one attached hydrogen (secondary N) is 2. The third kappa shape index (κ3) is 6.93. The van der Waals surface area contributed by atoms with E-state index in [1.165, 1.54) is 24.5 Å². The molecule has 2 aromatic rings. The number of sulfonamides is 1. The Morgan fingerprint density at radius 1 is 1.15 bits per heavy atom. The van der Waals surface area contributed by atoms with Gasteiger partial charge in [-0.25, -0.2) is 23.5 Å². The van der Waals surface area contributed by atoms with Gasteiger partial charge in [-0.2, -0.15) is 0 Å². The van der Waals surface area contributed by atoms with Crippen molar-refractivity contribution in [1.29, 1.82) is 0 Å². The lowest BCUT2D eigenvalue weighted by molar-refractivity contribution is 0.0948. The number of rotatable bonds is 10. The van der Waals surface area contributed by atoms with Crippen molar-refractivity contribution in [2.24, 2.45) is 5.14 Å². The number of nitrogens with two attached hydrogens (primary N) is 1. The summed E-state index contributed by atoms with van der Waals surface area (Å²) in [5, 5.41) is 10.9. The van der Waals surface area contributed by atoms with Gasteiger partial charge in [-0.3, -0.25) is 4.79 Å². The summed E-state index contributed by atoms with van der Waals surface area (Å²) in [6, 6.07) is 6.36. The fourth-order valence-corrected chi connectivity index (χ4v) is 2.74. The van der Waals surface area contributed by atoms with Crippen molar-refractivity contribution in [3.8, 4) is 0 Å². The Balaban J connectivity index is 1.79. The molecule has 0 fully saturated rings. The molecule has 27 heavy (non-hydrogen) atoms. The smallest absolute Gasteiger partial charge is 0.254 e. The first-order valence-electron chi connectivity index (χ1n) is 8.35. The van der Waals surface area contributed by atoms with Crippen LogP contribution in [0.1, 0.15) is 22.3 Å². The van der Waals surface area contributed by atoms with Gasteiger partial charge >= 0.3 is 0 Å². The second kappa shape index (κ2) is 9.95. The number of benzene rings is 1. The van der Waals surface area contributed by atoms with Crippen molar-refractivity contribution in [3.63, 3.8) is 0 Å². The van der Waals surface area contributed by atoms with E-state index in [0.29, 0.717) is 37.6 Å². The number of hydrogen-bond donors (Lipinski definition) is 3. The SMILES string of the molecule is COCCCNC(=O)c1cnc(NCCc2ccc(S(N)(=O)=O)cc2)nc1. The maximum atomic E-state index is 11.9. The van der Waals surface area contributed by atoms with E-state index >= 15 is 0 Å². The number of aromatic nitrogens is 2. The molecule has 0 saturated heterocycles. The number of nitrogens with zero attached hydrogens (tertiary/aromatic N) is 2. The van der Waals surface area contributed by atoms with E-state index in [1.807, 2.05) is 0 Å². The van der Waals surface area contributed by atoms with E-state index in [2.05, 4.69) is 20.6 Å². The van der Waals surface area contributed by atoms with Crippen LogP contribution < -0.4 is 15.8 Å². The Bertz CT molecular complexity index is 839. The first-order valence-corrected chi connectivity index (χ1v) is 9.89. The van der Waals surface area contributed by atoms with Crippen LogP contribution in [0.4, 0.5) is 5.95 Å². The summed E-state index contributed by atoms with van der Waals surface area (Å²) < 4.78 is 27.4. The van der Waals surface area contributed by atoms with E-state index in [-0.39, 0.29) is 10.8 Å². The summed E-state index contributed by atoms with van der Waals surface area (Å²) in [7, 11) is -2.07. The second-order valence-corrected chi connectivity index (χ2v) is 7.32. The summed E-state index contributed by atoms with van der Waals surface area (Å²) in [6.45, 7) is 1.67. The summed E-state index contributed by atoms with van der Waals surface area (Å²) in [5.74, 6) is 0.180. The standard InChI is InChI=1S/C17H23N5O4S/c1-26-10-2-8-19-16(23)14-11-21-17(22-12-14)20-9-7-13-3-5-15(6-4-13)27(18,24)25/h3-6,11-12H,2,7-10H2,1H3,(H,19,23)(H2,18,24,25)(H,20,21,22). The van der Waals surface area contributed by atoms with Gasteiger partial charge in [-0.05, 0) is 30.5 Å². The monoisotopic (exact) mass is 393 g/mol. The molecule has 10 heteroatoms. The molecule has 1 heterocycles. The minimum atomic E-state index is -3.68. The number of carbonyl (C=O) groups excluding carboxylic acids is 1. The van der Waals surface area contributed by atoms with Crippen LogP contribution in [0, 0.1) is 0 Å². The Hall–Kier alpha value is -2.56. The second-order valence-electron chi connectivity index (χ2n) is 5.76. The van der Waals surface area contributed by atoms with Crippen LogP contribution in [0.25, 0.3) is 0 Å². The van der Waals surface area contributed by atoms with Gasteiger partial charge in [-0.1, -0.05) is 12.1 Å². The molecule has 4 N–H and O–H groups in total. The number of hydrogen-bond acceptors (Lipinski definition) is 7. The predicted octanol–water partition coefficient (Wildman–Crippen LogP) is 0.545. The van der Waals surface area contributed by atoms with E-state index in [1.54, 1.807) is 19.2 Å². The van der Waals surface area contributed by atoms with Crippen molar-refractivity contribution < 1.29 is 17.9 Å². The highest BCUT2D eigenvalue weighted by Crippen LogP contribution is 2.09. The van der Waals surface area contributed by atoms with E-state index in [0.717, 1.165) is 12.0 Å². The van der Waals surface area contributed by atoms with Gasteiger partial charge in [0.2, 0.25) is 16.0 Å². The van der Waals surface area contributed by atoms with Crippen molar-refractivity contribution in [2.75, 3.05) is 32.1 Å². The molecular formula is C17H23N5O4S. The number of primary sulfonamides is 1. The topological polar surface area (TPSA) is 136 Å². The molecule has 1 amide bonds. The van der Waals surface area contributed by atoms with Crippen molar-refractivity contribution in [1.82, 2.24) is 15.3 Å². The van der Waals surface area contributed by atoms with Crippen molar-refractivity contribution in [2.45, 2.75) is 17.7 Å². The average Bonchev–Trinajstić information content (AvgIpc) is 2.65. The Morgan fingerprint density at radius 3 is 2.41 bits per heavy atom. The first-order chi connectivity index (χ1) is 12.9. The molecule has 2 rings (SSSR count). The van der Waals surface area contributed by atoms with Gasteiger partial charge in [0.15, 0.2) is 0 Å². The number of carbonyl (C=O) groups is 1. The summed E-state index contributed by atoms with van der Waals surface area (Å²) in [4.78, 5) is 20.2. The number of methoxy groups -OCH3 is 1. The summed E-state index contributed by atoms with van der Waals surface area (Å²) in [6.07, 6.45) is 4.31. The van der Waals surface area contributed by atoms with Crippen LogP contribution in [0.5, 0.6) is 0 Å². The third-order valence-electron chi connectivity index (χ3n) is 3.67. The molecule has 0 aliphatic rings. The van der Waals surface area contributed by atoms with E-state index < -0.39 is 10.0 Å². The fraction of sp³-hybridized carbons (Fsp3) is 0.353. The number of ether oxygens (including phenoxy) is 1. The summed E-state index contributed by atoms with van der Waals surface area (Å²) in [5.41, 5.74) is 1.33. The van der Waals surface area contributed by atoms with Crippen LogP contribution in [0.2, 0.25) is 0 Å². The van der Waals surface area contributed by atoms with Crippen LogP contribution in [-0.2, 0) is 21.2 Å². The number of amides is 1. The Morgan fingerprint density at radius 2 is 1.81 bits per heavy atom. The Kier molecular flexibility index (Phi) is 7.65. The van der Waals surface area contributed by atoms with Gasteiger partial charge in [0.25, 0.3) is 5.91 Å². The largest absolute Gasteiger partial charge is 0.385 e. The molecule has 146 valence electrons. The highest BCUT2D eigenvalue weighted by molar-refractivity contribution is 7.89. The van der Waals surface area contributed by atoms with Crippen LogP contribution in [-0.4, -0.2) is 51.1 Å². The van der Waals surface area contributed by atoms with Gasteiger partial charge in [-0.15, -0.1) is 0 Å². The molecule has 0 aliphatic heterocycles. The molecule has 0 atom stereocenters. The first kappa shape index (κ1) is 20.7. The van der Waals surface area contributed by atoms with E-state index in [4.69, 9.17) is 9.88 Å². The third-order valence-corrected chi connectivity index (χ3v) is 4.60. The Labute approximate surface area is 158 Å². The van der Waals surface area contributed by atoms with Crippen molar-refractivity contribution >= 4 is 21.9 Å². The van der Waals surface area contributed by atoms with E-state index in [9.17, 15) is 13.2 Å². The molecule has 0 unspecified atom stereocenters. The van der Waals surface area contributed by atoms with Crippen LogP contribution in [0.15, 0.2) is 41.6 Å². The predicted molar refractivity (Wildman–Crippen MR) is 101 cm³/mol. The summed E-state index contributed by atoms with van der Waals surface area (Å²) >= 11 is 0. The maximum Gasteiger partial charge on any atom is 0.254 e. The van der Waals surface area contributed by atoms with Crippen molar-refractivity contribution in [3.05, 3.63) is 47.8 Å². The van der Waals surface area contributed by atoms with Crippen LogP contribution >= 0.6 is 0 Å². The van der Waals surface area contributed by atoms with Gasteiger partial charge in [0.1, 0.15) is 0 Å². The quantitative estimate of drug-likeness (QED) is 0.501. The average molecular weight is 393 g/mol. The van der Waals surface area contributed by atoms with Gasteiger partial charge < -0.3 is 15.4 Å². The molecule has 1 aromatic heterocycles. The molecule has 0 radical (unpaired) electrons. The minimum Gasteiger partial charge on any atom is -0.385 e. The molecule has 1 aromatic carbocycles. The van der Waals surface area contributed by atoms with Gasteiger partial charge in [0, 0.05) is 39.2 Å². The normalized spacial score (nSPS) is 11.2. The fourth-order valence-electron chi connectivity index (χ4n) is 2.22. The lowest BCUT2D eigenvalue weighted by atomic mass is 10.1. The lowest BCUT2D eigenvalue weighted by Crippen LogP contribution is -2.25. The molecule has 9 nitrogen and oxygen atoms in total. The minimum absolute atomic E-state index is 0.0821. The van der Waals surface area contributed by atoms with Crippen LogP contribution in [0.3, 0.4) is 0 Å². The molecule has 0 aliphatic carbocycles. The highest BCUT2D eigenvalue weighted by Gasteiger charge is 2.08. The van der Waals surface area contributed by atoms with Gasteiger partial charge in [0.05, 0.1) is 10.5 Å².